The quantitative estimate of drug-likeness (QED) is 0.276. The van der Waals surface area contributed by atoms with Crippen molar-refractivity contribution in [3.8, 4) is 5.75 Å². The third kappa shape index (κ3) is 4.97. The Bertz CT molecular complexity index is 869. The number of nitro groups is 1. The van der Waals surface area contributed by atoms with Crippen LogP contribution in [0, 0.1) is 10.1 Å². The molecule has 0 radical (unpaired) electrons. The van der Waals surface area contributed by atoms with E-state index >= 15 is 0 Å². The first-order valence-corrected chi connectivity index (χ1v) is 7.18. The monoisotopic (exact) mass is 360 g/mol. The summed E-state index contributed by atoms with van der Waals surface area (Å²) in [5.41, 5.74) is 2.96. The summed E-state index contributed by atoms with van der Waals surface area (Å²) in [6, 6.07) is 9.53. The largest absolute Gasteiger partial charge is 0.507 e. The Morgan fingerprint density at radius 2 is 2.04 bits per heavy atom. The normalized spacial score (nSPS) is 10.4. The Kier molecular flexibility index (Phi) is 5.58. The molecule has 0 saturated heterocycles. The number of hydrogen-bond acceptors (Lipinski definition) is 6. The standard InChI is InChI=1S/C15H12N4O5S/c20-13-5-4-12(19(23)24)7-10(13)8-16-18-15(25)17-11-3-1-2-9(6-11)14(21)22/h1-8,20H,(H,21,22)(H2,17,18,25)/b16-8-. The zero-order valence-corrected chi connectivity index (χ0v) is 13.4. The van der Waals surface area contributed by atoms with Gasteiger partial charge in [-0.3, -0.25) is 15.5 Å². The zero-order valence-electron chi connectivity index (χ0n) is 12.5. The maximum Gasteiger partial charge on any atom is 0.335 e. The molecule has 0 aliphatic rings. The molecule has 0 spiro atoms. The van der Waals surface area contributed by atoms with Crippen LogP contribution in [0.25, 0.3) is 0 Å². The number of nitro benzene ring substituents is 1. The number of aromatic carboxylic acids is 1. The minimum atomic E-state index is -1.07. The van der Waals surface area contributed by atoms with E-state index in [1.165, 1.54) is 30.5 Å². The summed E-state index contributed by atoms with van der Waals surface area (Å²) in [6.45, 7) is 0. The lowest BCUT2D eigenvalue weighted by atomic mass is 10.2. The number of carboxylic acid groups (broad SMARTS) is 1. The first-order chi connectivity index (χ1) is 11.9. The van der Waals surface area contributed by atoms with E-state index < -0.39 is 10.9 Å². The molecule has 2 rings (SSSR count). The molecule has 0 atom stereocenters. The first kappa shape index (κ1) is 17.8. The molecule has 9 nitrogen and oxygen atoms in total. The number of hydrogen-bond donors (Lipinski definition) is 4. The maximum absolute atomic E-state index is 10.9. The molecule has 0 aliphatic carbocycles. The molecular weight excluding hydrogens is 348 g/mol. The molecule has 0 unspecified atom stereocenters. The van der Waals surface area contributed by atoms with Crippen LogP contribution in [-0.4, -0.2) is 32.4 Å². The number of non-ortho nitro benzene ring substituents is 1. The minimum Gasteiger partial charge on any atom is -0.507 e. The van der Waals surface area contributed by atoms with Gasteiger partial charge in [-0.1, -0.05) is 6.07 Å². The topological polar surface area (TPSA) is 137 Å². The number of carboxylic acids is 1. The van der Waals surface area contributed by atoms with Crippen LogP contribution in [0.2, 0.25) is 0 Å². The number of nitrogens with zero attached hydrogens (tertiary/aromatic N) is 2. The van der Waals surface area contributed by atoms with Crippen LogP contribution in [0.4, 0.5) is 11.4 Å². The number of aromatic hydroxyl groups is 1. The highest BCUT2D eigenvalue weighted by molar-refractivity contribution is 7.80. The van der Waals surface area contributed by atoms with Crippen LogP contribution in [0.5, 0.6) is 5.75 Å². The van der Waals surface area contributed by atoms with Gasteiger partial charge in [0.2, 0.25) is 0 Å². The number of phenols is 1. The summed E-state index contributed by atoms with van der Waals surface area (Å²) in [4.78, 5) is 21.0. The zero-order chi connectivity index (χ0) is 18.4. The summed E-state index contributed by atoms with van der Waals surface area (Å²) < 4.78 is 0. The fourth-order valence-corrected chi connectivity index (χ4v) is 1.98. The predicted molar refractivity (Wildman–Crippen MR) is 95.1 cm³/mol. The molecule has 0 heterocycles. The second-order valence-corrected chi connectivity index (χ2v) is 5.12. The van der Waals surface area contributed by atoms with E-state index in [9.17, 15) is 20.0 Å². The number of thiocarbonyl (C=S) groups is 1. The van der Waals surface area contributed by atoms with E-state index in [1.807, 2.05) is 0 Å². The van der Waals surface area contributed by atoms with Gasteiger partial charge in [-0.2, -0.15) is 5.10 Å². The second kappa shape index (κ2) is 7.84. The van der Waals surface area contributed by atoms with Crippen LogP contribution < -0.4 is 10.7 Å². The smallest absolute Gasteiger partial charge is 0.335 e. The molecule has 2 aromatic carbocycles. The van der Waals surface area contributed by atoms with Gasteiger partial charge in [0.05, 0.1) is 16.7 Å². The number of carbonyl (C=O) groups is 1. The van der Waals surface area contributed by atoms with Crippen molar-refractivity contribution in [3.63, 3.8) is 0 Å². The van der Waals surface area contributed by atoms with Crippen molar-refractivity contribution in [2.45, 2.75) is 0 Å². The van der Waals surface area contributed by atoms with Gasteiger partial charge in [0, 0.05) is 23.4 Å². The average molecular weight is 360 g/mol. The lowest BCUT2D eigenvalue weighted by Crippen LogP contribution is -2.24. The van der Waals surface area contributed by atoms with Crippen molar-refractivity contribution in [1.82, 2.24) is 5.43 Å². The maximum atomic E-state index is 10.9. The summed E-state index contributed by atoms with van der Waals surface area (Å²) in [7, 11) is 0. The fraction of sp³-hybridized carbons (Fsp3) is 0. The molecule has 0 fully saturated rings. The molecule has 25 heavy (non-hydrogen) atoms. The van der Waals surface area contributed by atoms with Crippen molar-refractivity contribution >= 4 is 40.9 Å². The van der Waals surface area contributed by atoms with E-state index in [1.54, 1.807) is 12.1 Å². The molecule has 0 aliphatic heterocycles. The van der Waals surface area contributed by atoms with Gasteiger partial charge in [0.25, 0.3) is 5.69 Å². The number of hydrazone groups is 1. The Labute approximate surface area is 146 Å². The lowest BCUT2D eigenvalue weighted by Gasteiger charge is -2.07. The van der Waals surface area contributed by atoms with Gasteiger partial charge >= 0.3 is 5.97 Å². The van der Waals surface area contributed by atoms with Gasteiger partial charge < -0.3 is 15.5 Å². The number of anilines is 1. The summed E-state index contributed by atoms with van der Waals surface area (Å²) in [5, 5.41) is 35.9. The molecular formula is C15H12N4O5S. The van der Waals surface area contributed by atoms with Gasteiger partial charge in [0.1, 0.15) is 5.75 Å². The second-order valence-electron chi connectivity index (χ2n) is 4.71. The third-order valence-corrected chi connectivity index (χ3v) is 3.15. The Hall–Kier alpha value is -3.53. The molecule has 0 aromatic heterocycles. The molecule has 0 bridgehead atoms. The van der Waals surface area contributed by atoms with Gasteiger partial charge in [0.15, 0.2) is 5.11 Å². The van der Waals surface area contributed by atoms with Crippen molar-refractivity contribution < 1.29 is 19.9 Å². The lowest BCUT2D eigenvalue weighted by molar-refractivity contribution is -0.384. The number of rotatable bonds is 5. The van der Waals surface area contributed by atoms with Crippen LogP contribution in [0.1, 0.15) is 15.9 Å². The Morgan fingerprint density at radius 1 is 1.28 bits per heavy atom. The SMILES string of the molecule is O=C(O)c1cccc(NC(=S)N/N=C\c2cc([N+](=O)[O-])ccc2O)c1. The van der Waals surface area contributed by atoms with E-state index in [0.717, 1.165) is 6.07 Å². The number of nitrogens with one attached hydrogen (secondary N) is 2. The molecule has 0 saturated carbocycles. The molecule has 128 valence electrons. The third-order valence-electron chi connectivity index (χ3n) is 2.96. The molecule has 2 aromatic rings. The fourth-order valence-electron chi connectivity index (χ4n) is 1.81. The van der Waals surface area contributed by atoms with Gasteiger partial charge in [-0.05, 0) is 36.5 Å². The average Bonchev–Trinajstić information content (AvgIpc) is 2.56. The van der Waals surface area contributed by atoms with Crippen molar-refractivity contribution in [2.24, 2.45) is 5.10 Å². The van der Waals surface area contributed by atoms with Crippen LogP contribution >= 0.6 is 12.2 Å². The highest BCUT2D eigenvalue weighted by atomic mass is 32.1. The van der Waals surface area contributed by atoms with E-state index in [0.29, 0.717) is 5.69 Å². The van der Waals surface area contributed by atoms with Crippen LogP contribution in [0.3, 0.4) is 0 Å². The van der Waals surface area contributed by atoms with E-state index in [-0.39, 0.29) is 27.7 Å². The highest BCUT2D eigenvalue weighted by Crippen LogP contribution is 2.21. The minimum absolute atomic E-state index is 0.0729. The molecule has 10 heteroatoms. The highest BCUT2D eigenvalue weighted by Gasteiger charge is 2.09. The van der Waals surface area contributed by atoms with Crippen LogP contribution in [-0.2, 0) is 0 Å². The predicted octanol–water partition coefficient (Wildman–Crippen LogP) is 2.32. The molecule has 0 amide bonds. The Morgan fingerprint density at radius 3 is 2.72 bits per heavy atom. The van der Waals surface area contributed by atoms with Crippen molar-refractivity contribution in [3.05, 3.63) is 63.7 Å². The number of benzene rings is 2. The summed E-state index contributed by atoms with van der Waals surface area (Å²) in [5.74, 6) is -1.24. The summed E-state index contributed by atoms with van der Waals surface area (Å²) >= 11 is 5.01. The van der Waals surface area contributed by atoms with Gasteiger partial charge in [-0.25, -0.2) is 4.79 Å². The van der Waals surface area contributed by atoms with Crippen molar-refractivity contribution in [1.29, 1.82) is 0 Å². The Balaban J connectivity index is 2.01. The van der Waals surface area contributed by atoms with Gasteiger partial charge in [-0.15, -0.1) is 0 Å². The van der Waals surface area contributed by atoms with E-state index in [2.05, 4.69) is 15.8 Å². The first-order valence-electron chi connectivity index (χ1n) is 6.77. The van der Waals surface area contributed by atoms with E-state index in [4.69, 9.17) is 17.3 Å². The molecule has 4 N–H and O–H groups in total. The van der Waals surface area contributed by atoms with Crippen molar-refractivity contribution in [2.75, 3.05) is 5.32 Å². The van der Waals surface area contributed by atoms with Crippen LogP contribution in [0.15, 0.2) is 47.6 Å². The summed E-state index contributed by atoms with van der Waals surface area (Å²) in [6.07, 6.45) is 1.17. The number of phenolic OH excluding ortho intramolecular Hbond substituents is 1.